The highest BCUT2D eigenvalue weighted by Gasteiger charge is 2.19. The topological polar surface area (TPSA) is 70.9 Å². The Kier molecular flexibility index (Phi) is 3.13. The number of nitrogens with zero attached hydrogens (tertiary/aromatic N) is 4. The monoisotopic (exact) mass is 283 g/mol. The van der Waals surface area contributed by atoms with Crippen molar-refractivity contribution >= 4 is 5.82 Å². The maximum atomic E-state index is 6.20. The van der Waals surface area contributed by atoms with Crippen molar-refractivity contribution in [3.8, 4) is 28.3 Å². The first-order valence-electron chi connectivity index (χ1n) is 6.57. The normalized spacial score (nSPS) is 10.8. The average Bonchev–Trinajstić information content (AvgIpc) is 3.04. The van der Waals surface area contributed by atoms with E-state index in [0.717, 1.165) is 28.3 Å². The second-order valence-electron chi connectivity index (χ2n) is 4.84. The van der Waals surface area contributed by atoms with Crippen LogP contribution in [0, 0.1) is 0 Å². The van der Waals surface area contributed by atoms with Crippen LogP contribution in [0.4, 0.5) is 5.82 Å². The number of benzene rings is 1. The summed E-state index contributed by atoms with van der Waals surface area (Å²) in [5, 5.41) is 8.92. The van der Waals surface area contributed by atoms with Gasteiger partial charge < -0.3 is 10.5 Å². The van der Waals surface area contributed by atoms with Gasteiger partial charge in [0.1, 0.15) is 23.0 Å². The van der Waals surface area contributed by atoms with Crippen molar-refractivity contribution in [2.45, 2.75) is 0 Å². The Balaban J connectivity index is 2.21. The third-order valence-corrected chi connectivity index (χ3v) is 3.41. The van der Waals surface area contributed by atoms with Crippen molar-refractivity contribution in [1.29, 1.82) is 0 Å². The number of ether oxygens (including phenoxy) is 1. The van der Waals surface area contributed by atoms with Crippen molar-refractivity contribution in [1.82, 2.24) is 19.6 Å². The Labute approximate surface area is 122 Å². The summed E-state index contributed by atoms with van der Waals surface area (Å²) in [4.78, 5) is 0. The molecule has 0 aliphatic rings. The van der Waals surface area contributed by atoms with Crippen LogP contribution in [0.1, 0.15) is 0 Å². The zero-order valence-corrected chi connectivity index (χ0v) is 12.2. The molecular formula is C15H17N5O. The number of rotatable bonds is 3. The van der Waals surface area contributed by atoms with Crippen LogP contribution >= 0.6 is 0 Å². The van der Waals surface area contributed by atoms with E-state index < -0.39 is 0 Å². The van der Waals surface area contributed by atoms with E-state index >= 15 is 0 Å². The summed E-state index contributed by atoms with van der Waals surface area (Å²) in [6, 6.07) is 9.69. The molecule has 6 nitrogen and oxygen atoms in total. The molecule has 0 fully saturated rings. The Morgan fingerprint density at radius 3 is 2.62 bits per heavy atom. The van der Waals surface area contributed by atoms with Gasteiger partial charge in [-0.2, -0.15) is 10.2 Å². The minimum absolute atomic E-state index is 0.601. The van der Waals surface area contributed by atoms with Crippen LogP contribution in [0.5, 0.6) is 5.75 Å². The van der Waals surface area contributed by atoms with Gasteiger partial charge >= 0.3 is 0 Å². The second-order valence-corrected chi connectivity index (χ2v) is 4.84. The van der Waals surface area contributed by atoms with Crippen molar-refractivity contribution in [3.63, 3.8) is 0 Å². The number of nitrogens with two attached hydrogens (primary N) is 1. The molecule has 0 saturated heterocycles. The third kappa shape index (κ3) is 2.24. The predicted octanol–water partition coefficient (Wildman–Crippen LogP) is 2.08. The first kappa shape index (κ1) is 13.2. The standard InChI is InChI=1S/C15H17N5O/c1-19-8-7-12(17-19)14-13(15(16)20(2)18-14)10-5-4-6-11(9-10)21-3/h4-9H,16H2,1-3H3. The molecule has 21 heavy (non-hydrogen) atoms. The van der Waals surface area contributed by atoms with Crippen LogP contribution in [0.2, 0.25) is 0 Å². The van der Waals surface area contributed by atoms with E-state index in [4.69, 9.17) is 10.5 Å². The molecule has 2 heterocycles. The van der Waals surface area contributed by atoms with Crippen LogP contribution in [-0.2, 0) is 14.1 Å². The van der Waals surface area contributed by atoms with Crippen LogP contribution in [0.25, 0.3) is 22.5 Å². The molecular weight excluding hydrogens is 266 g/mol. The number of anilines is 1. The lowest BCUT2D eigenvalue weighted by Gasteiger charge is -2.05. The number of hydrogen-bond acceptors (Lipinski definition) is 4. The fraction of sp³-hybridized carbons (Fsp3) is 0.200. The molecule has 0 amide bonds. The average molecular weight is 283 g/mol. The molecule has 0 spiro atoms. The van der Waals surface area contributed by atoms with E-state index in [0.29, 0.717) is 5.82 Å². The summed E-state index contributed by atoms with van der Waals surface area (Å²) in [5.41, 5.74) is 9.59. The van der Waals surface area contributed by atoms with Gasteiger partial charge in [0.25, 0.3) is 0 Å². The van der Waals surface area contributed by atoms with Gasteiger partial charge in [0.05, 0.1) is 12.7 Å². The van der Waals surface area contributed by atoms with Crippen LogP contribution in [-0.4, -0.2) is 26.7 Å². The molecule has 108 valence electrons. The summed E-state index contributed by atoms with van der Waals surface area (Å²) in [6.07, 6.45) is 1.88. The van der Waals surface area contributed by atoms with Crippen molar-refractivity contribution in [2.75, 3.05) is 12.8 Å². The number of methoxy groups -OCH3 is 1. The predicted molar refractivity (Wildman–Crippen MR) is 81.8 cm³/mol. The van der Waals surface area contributed by atoms with Gasteiger partial charge in [0, 0.05) is 20.3 Å². The molecule has 0 aliphatic heterocycles. The maximum absolute atomic E-state index is 6.20. The summed E-state index contributed by atoms with van der Waals surface area (Å²) in [5.74, 6) is 1.38. The number of nitrogen functional groups attached to an aromatic ring is 1. The second kappa shape index (κ2) is 4.97. The van der Waals surface area contributed by atoms with Gasteiger partial charge in [-0.05, 0) is 23.8 Å². The molecule has 1 aromatic carbocycles. The first-order chi connectivity index (χ1) is 10.1. The molecule has 6 heteroatoms. The van der Waals surface area contributed by atoms with E-state index in [9.17, 15) is 0 Å². The van der Waals surface area contributed by atoms with Gasteiger partial charge in [-0.3, -0.25) is 9.36 Å². The van der Waals surface area contributed by atoms with Gasteiger partial charge in [-0.25, -0.2) is 0 Å². The SMILES string of the molecule is COc1cccc(-c2c(-c3ccn(C)n3)nn(C)c2N)c1. The van der Waals surface area contributed by atoms with Gasteiger partial charge in [-0.1, -0.05) is 12.1 Å². The molecule has 3 rings (SSSR count). The third-order valence-electron chi connectivity index (χ3n) is 3.41. The van der Waals surface area contributed by atoms with Crippen LogP contribution in [0.15, 0.2) is 36.5 Å². The summed E-state index contributed by atoms with van der Waals surface area (Å²) >= 11 is 0. The molecule has 0 unspecified atom stereocenters. The molecule has 2 aromatic heterocycles. The Morgan fingerprint density at radius 1 is 1.14 bits per heavy atom. The zero-order valence-electron chi connectivity index (χ0n) is 12.2. The lowest BCUT2D eigenvalue weighted by atomic mass is 10.0. The Bertz CT molecular complexity index is 787. The van der Waals surface area contributed by atoms with Crippen molar-refractivity contribution in [3.05, 3.63) is 36.5 Å². The number of hydrogen-bond donors (Lipinski definition) is 1. The van der Waals surface area contributed by atoms with E-state index in [2.05, 4.69) is 10.2 Å². The fourth-order valence-corrected chi connectivity index (χ4v) is 2.32. The minimum atomic E-state index is 0.601. The van der Waals surface area contributed by atoms with Gasteiger partial charge in [-0.15, -0.1) is 0 Å². The highest BCUT2D eigenvalue weighted by molar-refractivity contribution is 5.87. The minimum Gasteiger partial charge on any atom is -0.497 e. The van der Waals surface area contributed by atoms with E-state index in [-0.39, 0.29) is 0 Å². The largest absolute Gasteiger partial charge is 0.497 e. The highest BCUT2D eigenvalue weighted by atomic mass is 16.5. The lowest BCUT2D eigenvalue weighted by molar-refractivity contribution is 0.415. The fourth-order valence-electron chi connectivity index (χ4n) is 2.32. The van der Waals surface area contributed by atoms with Gasteiger partial charge in [0.2, 0.25) is 0 Å². The molecule has 0 aliphatic carbocycles. The van der Waals surface area contributed by atoms with Gasteiger partial charge in [0.15, 0.2) is 0 Å². The molecule has 2 N–H and O–H groups in total. The van der Waals surface area contributed by atoms with Crippen LogP contribution < -0.4 is 10.5 Å². The summed E-state index contributed by atoms with van der Waals surface area (Å²) in [6.45, 7) is 0. The summed E-state index contributed by atoms with van der Waals surface area (Å²) < 4.78 is 8.70. The summed E-state index contributed by atoms with van der Waals surface area (Å²) in [7, 11) is 5.35. The van der Waals surface area contributed by atoms with E-state index in [1.54, 1.807) is 16.5 Å². The van der Waals surface area contributed by atoms with Crippen molar-refractivity contribution in [2.24, 2.45) is 14.1 Å². The smallest absolute Gasteiger partial charge is 0.129 e. The number of aromatic nitrogens is 4. The van der Waals surface area contributed by atoms with Crippen LogP contribution in [0.3, 0.4) is 0 Å². The molecule has 0 radical (unpaired) electrons. The zero-order chi connectivity index (χ0) is 15.0. The lowest BCUT2D eigenvalue weighted by Crippen LogP contribution is -1.98. The Hall–Kier alpha value is -2.76. The molecule has 0 bridgehead atoms. The maximum Gasteiger partial charge on any atom is 0.129 e. The molecule has 0 saturated carbocycles. The van der Waals surface area contributed by atoms with Crippen molar-refractivity contribution < 1.29 is 4.74 Å². The first-order valence-corrected chi connectivity index (χ1v) is 6.57. The van der Waals surface area contributed by atoms with E-state index in [1.807, 2.05) is 50.6 Å². The Morgan fingerprint density at radius 2 is 1.95 bits per heavy atom. The quantitative estimate of drug-likeness (QED) is 0.799. The van der Waals surface area contributed by atoms with E-state index in [1.165, 1.54) is 0 Å². The number of aryl methyl sites for hydroxylation is 2. The molecule has 3 aromatic rings. The molecule has 0 atom stereocenters. The highest BCUT2D eigenvalue weighted by Crippen LogP contribution is 2.36.